The first-order valence-electron chi connectivity index (χ1n) is 6.33. The molecule has 1 aromatic rings. The van der Waals surface area contributed by atoms with Crippen LogP contribution >= 0.6 is 0 Å². The summed E-state index contributed by atoms with van der Waals surface area (Å²) in [7, 11) is 0. The summed E-state index contributed by atoms with van der Waals surface area (Å²) in [5, 5.41) is 0. The molecule has 1 aromatic carbocycles. The van der Waals surface area contributed by atoms with Gasteiger partial charge in [-0.05, 0) is 19.4 Å². The molecule has 0 aliphatic rings. The molecule has 19 heavy (non-hydrogen) atoms. The highest BCUT2D eigenvalue weighted by atomic mass is 16.5. The van der Waals surface area contributed by atoms with Crippen molar-refractivity contribution in [3.63, 3.8) is 0 Å². The summed E-state index contributed by atoms with van der Waals surface area (Å²) in [6.07, 6.45) is 0. The Labute approximate surface area is 112 Å². The maximum absolute atomic E-state index is 12.0. The van der Waals surface area contributed by atoms with E-state index in [9.17, 15) is 9.59 Å². The van der Waals surface area contributed by atoms with Gasteiger partial charge >= 0.3 is 11.9 Å². The van der Waals surface area contributed by atoms with Gasteiger partial charge in [0.2, 0.25) is 6.04 Å². The van der Waals surface area contributed by atoms with Gasteiger partial charge in [-0.3, -0.25) is 4.79 Å². The van der Waals surface area contributed by atoms with Crippen molar-refractivity contribution in [1.82, 2.24) is 0 Å². The summed E-state index contributed by atoms with van der Waals surface area (Å²) in [6, 6.07) is 8.19. The highest BCUT2D eigenvalue weighted by Gasteiger charge is 2.37. The average Bonchev–Trinajstić information content (AvgIpc) is 2.40. The van der Waals surface area contributed by atoms with Crippen LogP contribution in [0.1, 0.15) is 25.3 Å². The molecule has 2 unspecified atom stereocenters. The van der Waals surface area contributed by atoms with Gasteiger partial charge in [-0.15, -0.1) is 0 Å². The van der Waals surface area contributed by atoms with Crippen LogP contribution < -0.4 is 5.73 Å². The number of carbonyl (C=O) groups excluding carboxylic acids is 2. The fraction of sp³-hybridized carbons (Fsp3) is 0.429. The molecular weight excluding hydrogens is 246 g/mol. The van der Waals surface area contributed by atoms with E-state index in [1.54, 1.807) is 38.1 Å². The zero-order chi connectivity index (χ0) is 14.3. The Bertz CT molecular complexity index is 419. The Morgan fingerprint density at radius 3 is 2.11 bits per heavy atom. The molecule has 0 saturated heterocycles. The second kappa shape index (κ2) is 7.53. The highest BCUT2D eigenvalue weighted by molar-refractivity contribution is 5.87. The Kier molecular flexibility index (Phi) is 6.02. The van der Waals surface area contributed by atoms with Crippen LogP contribution in [0.15, 0.2) is 30.3 Å². The molecular formula is C14H20NO4+. The summed E-state index contributed by atoms with van der Waals surface area (Å²) >= 11 is 0. The van der Waals surface area contributed by atoms with Gasteiger partial charge in [0.15, 0.2) is 0 Å². The van der Waals surface area contributed by atoms with Crippen LogP contribution in [-0.4, -0.2) is 31.2 Å². The predicted octanol–water partition coefficient (Wildman–Crippen LogP) is 0.507. The van der Waals surface area contributed by atoms with Gasteiger partial charge in [-0.25, -0.2) is 4.79 Å². The Morgan fingerprint density at radius 2 is 1.58 bits per heavy atom. The minimum atomic E-state index is -0.818. The molecule has 0 aliphatic carbocycles. The summed E-state index contributed by atoms with van der Waals surface area (Å²) in [6.45, 7) is 3.96. The number of hydrogen-bond donors (Lipinski definition) is 1. The van der Waals surface area contributed by atoms with Crippen LogP contribution in [0.5, 0.6) is 0 Å². The van der Waals surface area contributed by atoms with Crippen LogP contribution in [-0.2, 0) is 19.1 Å². The smallest absolute Gasteiger partial charge is 0.366 e. The molecule has 5 heteroatoms. The van der Waals surface area contributed by atoms with Crippen molar-refractivity contribution >= 4 is 11.9 Å². The van der Waals surface area contributed by atoms with Gasteiger partial charge in [0, 0.05) is 0 Å². The standard InChI is InChI=1S/C14H19NO4/c1-3-18-13(16)11(10-8-6-5-7-9-10)12(15)14(17)19-4-2/h5-9,11-12H,3-4,15H2,1-2H3/p+1. The van der Waals surface area contributed by atoms with Gasteiger partial charge in [-0.2, -0.15) is 0 Å². The second-order valence-electron chi connectivity index (χ2n) is 4.00. The first kappa shape index (κ1) is 15.2. The van der Waals surface area contributed by atoms with Crippen LogP contribution in [0.3, 0.4) is 0 Å². The fourth-order valence-electron chi connectivity index (χ4n) is 1.81. The van der Waals surface area contributed by atoms with Crippen LogP contribution in [0.2, 0.25) is 0 Å². The van der Waals surface area contributed by atoms with Crippen molar-refractivity contribution in [3.8, 4) is 0 Å². The Morgan fingerprint density at radius 1 is 1.05 bits per heavy atom. The lowest BCUT2D eigenvalue weighted by atomic mass is 9.92. The number of quaternary nitrogens is 1. The topological polar surface area (TPSA) is 80.2 Å². The van der Waals surface area contributed by atoms with E-state index in [-0.39, 0.29) is 13.2 Å². The van der Waals surface area contributed by atoms with Gasteiger partial charge in [0.1, 0.15) is 5.92 Å². The van der Waals surface area contributed by atoms with E-state index in [1.807, 2.05) is 6.07 Å². The first-order valence-corrected chi connectivity index (χ1v) is 6.33. The maximum Gasteiger partial charge on any atom is 0.366 e. The van der Waals surface area contributed by atoms with Gasteiger partial charge in [0.25, 0.3) is 0 Å². The predicted molar refractivity (Wildman–Crippen MR) is 69.1 cm³/mol. The average molecular weight is 266 g/mol. The molecule has 0 radical (unpaired) electrons. The van der Waals surface area contributed by atoms with Gasteiger partial charge in [0.05, 0.1) is 13.2 Å². The third-order valence-corrected chi connectivity index (χ3v) is 2.69. The second-order valence-corrected chi connectivity index (χ2v) is 4.00. The van der Waals surface area contributed by atoms with Crippen molar-refractivity contribution in [2.45, 2.75) is 25.8 Å². The molecule has 104 valence electrons. The van der Waals surface area contributed by atoms with E-state index >= 15 is 0 Å². The number of hydrogen-bond acceptors (Lipinski definition) is 4. The van der Waals surface area contributed by atoms with Gasteiger partial charge < -0.3 is 15.2 Å². The normalized spacial score (nSPS) is 13.4. The highest BCUT2D eigenvalue weighted by Crippen LogP contribution is 2.20. The van der Waals surface area contributed by atoms with E-state index in [0.29, 0.717) is 5.56 Å². The molecule has 0 aromatic heterocycles. The SMILES string of the molecule is CCOC(=O)C([NH3+])C(C(=O)OCC)c1ccccc1. The molecule has 0 aliphatic heterocycles. The molecule has 0 saturated carbocycles. The monoisotopic (exact) mass is 266 g/mol. The number of benzene rings is 1. The summed E-state index contributed by atoms with van der Waals surface area (Å²) in [4.78, 5) is 23.8. The Balaban J connectivity index is 2.99. The van der Waals surface area contributed by atoms with Crippen molar-refractivity contribution in [1.29, 1.82) is 0 Å². The van der Waals surface area contributed by atoms with E-state index in [1.165, 1.54) is 0 Å². The number of carbonyl (C=O) groups is 2. The van der Waals surface area contributed by atoms with Crippen LogP contribution in [0.25, 0.3) is 0 Å². The van der Waals surface area contributed by atoms with Crippen LogP contribution in [0, 0.1) is 0 Å². The summed E-state index contributed by atoms with van der Waals surface area (Å²) in [5.74, 6) is -1.69. The molecule has 0 spiro atoms. The Hall–Kier alpha value is -1.88. The third-order valence-electron chi connectivity index (χ3n) is 2.69. The largest absolute Gasteiger partial charge is 0.465 e. The molecule has 1 rings (SSSR count). The lowest BCUT2D eigenvalue weighted by molar-refractivity contribution is -0.412. The zero-order valence-corrected chi connectivity index (χ0v) is 11.3. The molecule has 2 atom stereocenters. The molecule has 3 N–H and O–H groups in total. The summed E-state index contributed by atoms with van der Waals surface area (Å²) < 4.78 is 9.95. The molecule has 5 nitrogen and oxygen atoms in total. The van der Waals surface area contributed by atoms with E-state index in [0.717, 1.165) is 0 Å². The fourth-order valence-corrected chi connectivity index (χ4v) is 1.81. The first-order chi connectivity index (χ1) is 9.11. The number of rotatable bonds is 6. The molecule has 0 heterocycles. The van der Waals surface area contributed by atoms with E-state index in [2.05, 4.69) is 5.73 Å². The number of esters is 2. The van der Waals surface area contributed by atoms with E-state index < -0.39 is 23.9 Å². The maximum atomic E-state index is 12.0. The van der Waals surface area contributed by atoms with Crippen molar-refractivity contribution in [2.75, 3.05) is 13.2 Å². The zero-order valence-electron chi connectivity index (χ0n) is 11.3. The molecule has 0 bridgehead atoms. The third kappa shape index (κ3) is 4.06. The van der Waals surface area contributed by atoms with Crippen molar-refractivity contribution in [3.05, 3.63) is 35.9 Å². The minimum absolute atomic E-state index is 0.259. The van der Waals surface area contributed by atoms with Gasteiger partial charge in [-0.1, -0.05) is 30.3 Å². The minimum Gasteiger partial charge on any atom is -0.465 e. The number of ether oxygens (including phenoxy) is 2. The molecule has 0 fully saturated rings. The lowest BCUT2D eigenvalue weighted by Crippen LogP contribution is -2.69. The van der Waals surface area contributed by atoms with Crippen molar-refractivity contribution in [2.24, 2.45) is 0 Å². The van der Waals surface area contributed by atoms with Crippen molar-refractivity contribution < 1.29 is 24.8 Å². The van der Waals surface area contributed by atoms with Crippen LogP contribution in [0.4, 0.5) is 0 Å². The molecule has 0 amide bonds. The summed E-state index contributed by atoms with van der Waals surface area (Å²) in [5.41, 5.74) is 4.46. The quantitative estimate of drug-likeness (QED) is 0.761. The lowest BCUT2D eigenvalue weighted by Gasteiger charge is -2.18. The van der Waals surface area contributed by atoms with E-state index in [4.69, 9.17) is 9.47 Å².